The molecule has 3 rings (SSSR count). The van der Waals surface area contributed by atoms with E-state index in [0.717, 1.165) is 16.5 Å². The van der Waals surface area contributed by atoms with Crippen LogP contribution in [-0.2, 0) is 6.54 Å². The number of aromatic nitrogens is 1. The van der Waals surface area contributed by atoms with Crippen molar-refractivity contribution in [2.24, 2.45) is 5.73 Å². The van der Waals surface area contributed by atoms with Crippen LogP contribution in [0.3, 0.4) is 0 Å². The molecule has 1 heterocycles. The van der Waals surface area contributed by atoms with E-state index in [2.05, 4.69) is 15.6 Å². The largest absolute Gasteiger partial charge is 0.351 e. The average molecular weight is 369 g/mol. The van der Waals surface area contributed by atoms with Gasteiger partial charge >= 0.3 is 6.03 Å². The summed E-state index contributed by atoms with van der Waals surface area (Å²) in [4.78, 5) is 27.8. The number of fused-ring (bicyclic) bond motifs is 1. The Balaban J connectivity index is 1.72. The number of hydrogen-bond donors (Lipinski definition) is 3. The molecule has 26 heavy (non-hydrogen) atoms. The van der Waals surface area contributed by atoms with Crippen molar-refractivity contribution in [2.75, 3.05) is 5.32 Å². The van der Waals surface area contributed by atoms with Crippen LogP contribution in [0, 0.1) is 6.92 Å². The van der Waals surface area contributed by atoms with Gasteiger partial charge in [0.15, 0.2) is 0 Å². The molecular weight excluding hydrogens is 352 g/mol. The number of rotatable bonds is 4. The zero-order chi connectivity index (χ0) is 18.7. The van der Waals surface area contributed by atoms with E-state index >= 15 is 0 Å². The molecule has 0 aliphatic carbocycles. The molecule has 6 nitrogen and oxygen atoms in total. The van der Waals surface area contributed by atoms with Crippen molar-refractivity contribution in [1.82, 2.24) is 10.3 Å². The number of nitrogens with two attached hydrogens (primary N) is 1. The minimum atomic E-state index is -0.620. The normalized spacial score (nSPS) is 10.5. The van der Waals surface area contributed by atoms with Crippen LogP contribution < -0.4 is 16.4 Å². The van der Waals surface area contributed by atoms with Crippen molar-refractivity contribution in [2.45, 2.75) is 13.5 Å². The van der Waals surface area contributed by atoms with Gasteiger partial charge in [-0.05, 0) is 48.9 Å². The third-order valence-electron chi connectivity index (χ3n) is 3.89. The molecule has 4 N–H and O–H groups in total. The Morgan fingerprint density at radius 2 is 1.85 bits per heavy atom. The van der Waals surface area contributed by atoms with E-state index in [9.17, 15) is 9.59 Å². The van der Waals surface area contributed by atoms with E-state index < -0.39 is 6.03 Å². The van der Waals surface area contributed by atoms with Gasteiger partial charge in [-0.25, -0.2) is 4.79 Å². The third kappa shape index (κ3) is 4.10. The Morgan fingerprint density at radius 1 is 1.12 bits per heavy atom. The summed E-state index contributed by atoms with van der Waals surface area (Å²) in [7, 11) is 0. The van der Waals surface area contributed by atoms with Gasteiger partial charge in [0.1, 0.15) is 0 Å². The van der Waals surface area contributed by atoms with Crippen LogP contribution in [0.2, 0.25) is 5.02 Å². The lowest BCUT2D eigenvalue weighted by molar-refractivity contribution is 0.0950. The first-order valence-electron chi connectivity index (χ1n) is 7.93. The first-order chi connectivity index (χ1) is 12.4. The monoisotopic (exact) mass is 368 g/mol. The summed E-state index contributed by atoms with van der Waals surface area (Å²) in [6.07, 6.45) is 0. The second-order valence-corrected chi connectivity index (χ2v) is 6.26. The van der Waals surface area contributed by atoms with Crippen molar-refractivity contribution in [1.29, 1.82) is 0 Å². The van der Waals surface area contributed by atoms with Crippen molar-refractivity contribution < 1.29 is 9.59 Å². The molecule has 0 radical (unpaired) electrons. The topological polar surface area (TPSA) is 97.1 Å². The molecule has 3 aromatic rings. The molecule has 132 valence electrons. The first kappa shape index (κ1) is 17.7. The summed E-state index contributed by atoms with van der Waals surface area (Å²) in [6.45, 7) is 2.15. The summed E-state index contributed by atoms with van der Waals surface area (Å²) < 4.78 is 0. The highest BCUT2D eigenvalue weighted by Gasteiger charge is 2.12. The Hall–Kier alpha value is -3.12. The number of nitrogens with one attached hydrogen (secondary N) is 2. The fourth-order valence-electron chi connectivity index (χ4n) is 2.60. The number of primary amides is 1. The number of amides is 3. The molecule has 0 aliphatic heterocycles. The molecule has 0 aliphatic rings. The maximum Gasteiger partial charge on any atom is 0.316 e. The second-order valence-electron chi connectivity index (χ2n) is 5.83. The lowest BCUT2D eigenvalue weighted by Crippen LogP contribution is -2.24. The van der Waals surface area contributed by atoms with E-state index in [1.54, 1.807) is 49.4 Å². The summed E-state index contributed by atoms with van der Waals surface area (Å²) in [5, 5.41) is 6.77. The van der Waals surface area contributed by atoms with Gasteiger partial charge in [-0.2, -0.15) is 0 Å². The number of aryl methyl sites for hydroxylation is 1. The molecule has 2 aromatic carbocycles. The van der Waals surface area contributed by atoms with Gasteiger partial charge in [0.05, 0.1) is 16.8 Å². The summed E-state index contributed by atoms with van der Waals surface area (Å²) in [5.41, 5.74) is 8.50. The molecule has 0 bridgehead atoms. The number of anilines is 1. The van der Waals surface area contributed by atoms with Crippen LogP contribution >= 0.6 is 11.6 Å². The van der Waals surface area contributed by atoms with Gasteiger partial charge < -0.3 is 16.4 Å². The summed E-state index contributed by atoms with van der Waals surface area (Å²) in [5.74, 6) is -0.212. The summed E-state index contributed by atoms with van der Waals surface area (Å²) >= 11 is 6.01. The minimum absolute atomic E-state index is 0.212. The first-order valence-corrected chi connectivity index (χ1v) is 8.30. The molecule has 3 amide bonds. The van der Waals surface area contributed by atoms with E-state index in [4.69, 9.17) is 17.3 Å². The highest BCUT2D eigenvalue weighted by molar-refractivity contribution is 6.31. The lowest BCUT2D eigenvalue weighted by Gasteiger charge is -2.10. The van der Waals surface area contributed by atoms with Crippen molar-refractivity contribution >= 4 is 40.1 Å². The average Bonchev–Trinajstić information content (AvgIpc) is 2.60. The number of carbonyl (C=O) groups excluding carboxylic acids is 2. The second kappa shape index (κ2) is 7.41. The lowest BCUT2D eigenvalue weighted by atomic mass is 10.1. The maximum atomic E-state index is 12.5. The number of carbonyl (C=O) groups is 2. The van der Waals surface area contributed by atoms with E-state index in [-0.39, 0.29) is 5.91 Å². The quantitative estimate of drug-likeness (QED) is 0.656. The fourth-order valence-corrected chi connectivity index (χ4v) is 2.78. The number of pyridine rings is 1. The number of halogens is 1. The van der Waals surface area contributed by atoms with Gasteiger partial charge in [-0.15, -0.1) is 0 Å². The van der Waals surface area contributed by atoms with Crippen molar-refractivity contribution in [3.05, 3.63) is 70.4 Å². The number of hydrogen-bond acceptors (Lipinski definition) is 3. The van der Waals surface area contributed by atoms with E-state index in [1.165, 1.54) is 0 Å². The van der Waals surface area contributed by atoms with Crippen LogP contribution in [0.1, 0.15) is 21.6 Å². The molecule has 0 spiro atoms. The van der Waals surface area contributed by atoms with Crippen LogP contribution in [0.5, 0.6) is 0 Å². The van der Waals surface area contributed by atoms with E-state index in [1.807, 2.05) is 6.07 Å². The van der Waals surface area contributed by atoms with E-state index in [0.29, 0.717) is 28.5 Å². The van der Waals surface area contributed by atoms with Gasteiger partial charge in [0, 0.05) is 22.6 Å². The van der Waals surface area contributed by atoms with Crippen LogP contribution in [-0.4, -0.2) is 16.9 Å². The zero-order valence-electron chi connectivity index (χ0n) is 14.0. The molecule has 1 aromatic heterocycles. The number of benzene rings is 2. The highest BCUT2D eigenvalue weighted by atomic mass is 35.5. The number of urea groups is 1. The van der Waals surface area contributed by atoms with Crippen LogP contribution in [0.25, 0.3) is 10.9 Å². The van der Waals surface area contributed by atoms with Gasteiger partial charge in [0.25, 0.3) is 5.91 Å². The smallest absolute Gasteiger partial charge is 0.316 e. The zero-order valence-corrected chi connectivity index (χ0v) is 14.8. The molecule has 0 saturated heterocycles. The maximum absolute atomic E-state index is 12.5. The molecule has 0 fully saturated rings. The third-order valence-corrected chi connectivity index (χ3v) is 4.12. The van der Waals surface area contributed by atoms with Gasteiger partial charge in [-0.3, -0.25) is 9.78 Å². The van der Waals surface area contributed by atoms with Crippen molar-refractivity contribution in [3.63, 3.8) is 0 Å². The summed E-state index contributed by atoms with van der Waals surface area (Å²) in [6, 6.07) is 13.6. The minimum Gasteiger partial charge on any atom is -0.351 e. The number of nitrogens with zero attached hydrogens (tertiary/aromatic N) is 1. The molecular formula is C19H17ClN4O2. The molecule has 0 saturated carbocycles. The highest BCUT2D eigenvalue weighted by Crippen LogP contribution is 2.21. The Labute approximate surface area is 155 Å². The molecule has 0 unspecified atom stereocenters. The standard InChI is InChI=1S/C19H17ClN4O2/c1-11-16(9-13-8-14(20)4-7-17(13)23-11)18(25)22-10-12-2-5-15(6-3-12)24-19(21)26/h2-9H,10H2,1H3,(H,22,25)(H3,21,24,26). The SMILES string of the molecule is Cc1nc2ccc(Cl)cc2cc1C(=O)NCc1ccc(NC(N)=O)cc1. The van der Waals surface area contributed by atoms with Gasteiger partial charge in [-0.1, -0.05) is 23.7 Å². The van der Waals surface area contributed by atoms with Crippen LogP contribution in [0.4, 0.5) is 10.5 Å². The molecule has 7 heteroatoms. The van der Waals surface area contributed by atoms with Crippen LogP contribution in [0.15, 0.2) is 48.5 Å². The predicted octanol–water partition coefficient (Wildman–Crippen LogP) is 3.62. The Bertz CT molecular complexity index is 987. The predicted molar refractivity (Wildman–Crippen MR) is 102 cm³/mol. The Morgan fingerprint density at radius 3 is 2.54 bits per heavy atom. The fraction of sp³-hybridized carbons (Fsp3) is 0.105. The van der Waals surface area contributed by atoms with Crippen molar-refractivity contribution in [3.8, 4) is 0 Å². The Kier molecular flexibility index (Phi) is 5.04. The van der Waals surface area contributed by atoms with Gasteiger partial charge in [0.2, 0.25) is 0 Å². The molecule has 0 atom stereocenters.